The van der Waals surface area contributed by atoms with E-state index in [-0.39, 0.29) is 0 Å². The van der Waals surface area contributed by atoms with Crippen LogP contribution in [0.3, 0.4) is 0 Å². The molecule has 1 rings (SSSR count). The molecule has 0 aliphatic carbocycles. The molecule has 1 aromatic heterocycles. The number of carboxylic acid groups (broad SMARTS) is 1. The highest BCUT2D eigenvalue weighted by molar-refractivity contribution is 7.07. The number of aromatic nitrogens is 1. The molecule has 0 unspecified atom stereocenters. The van der Waals surface area contributed by atoms with Crippen LogP contribution in [-0.4, -0.2) is 16.1 Å². The van der Waals surface area contributed by atoms with Gasteiger partial charge in [0.05, 0.1) is 16.6 Å². The quantitative estimate of drug-likeness (QED) is 0.817. The minimum absolute atomic E-state index is 0.541. The predicted octanol–water partition coefficient (Wildman–Crippen LogP) is 2.58. The second kappa shape index (κ2) is 4.55. The lowest BCUT2D eigenvalue weighted by atomic mass is 9.78. The van der Waals surface area contributed by atoms with Crippen molar-refractivity contribution in [2.24, 2.45) is 5.41 Å². The van der Waals surface area contributed by atoms with Gasteiger partial charge < -0.3 is 5.11 Å². The van der Waals surface area contributed by atoms with Crippen molar-refractivity contribution in [2.75, 3.05) is 0 Å². The van der Waals surface area contributed by atoms with Gasteiger partial charge in [-0.15, -0.1) is 11.3 Å². The second-order valence-corrected chi connectivity index (χ2v) is 4.17. The van der Waals surface area contributed by atoms with E-state index in [1.807, 2.05) is 19.2 Å². The molecule has 0 saturated carbocycles. The Balaban J connectivity index is 2.83. The molecule has 0 aromatic carbocycles. The Kier molecular flexibility index (Phi) is 3.63. The van der Waals surface area contributed by atoms with E-state index in [0.717, 1.165) is 5.69 Å². The van der Waals surface area contributed by atoms with Crippen LogP contribution < -0.4 is 0 Å². The largest absolute Gasteiger partial charge is 0.481 e. The van der Waals surface area contributed by atoms with E-state index in [0.29, 0.717) is 19.3 Å². The van der Waals surface area contributed by atoms with Gasteiger partial charge in [-0.2, -0.15) is 0 Å². The molecular formula is C10H15NO2S. The van der Waals surface area contributed by atoms with E-state index < -0.39 is 11.4 Å². The Morgan fingerprint density at radius 1 is 1.57 bits per heavy atom. The maximum absolute atomic E-state index is 11.2. The Hall–Kier alpha value is -0.900. The minimum atomic E-state index is -0.712. The molecule has 0 saturated heterocycles. The monoisotopic (exact) mass is 213 g/mol. The van der Waals surface area contributed by atoms with Crippen LogP contribution in [0.25, 0.3) is 0 Å². The Morgan fingerprint density at radius 2 is 2.21 bits per heavy atom. The molecule has 0 radical (unpaired) electrons. The van der Waals surface area contributed by atoms with Crippen molar-refractivity contribution in [2.45, 2.75) is 33.1 Å². The fourth-order valence-electron chi connectivity index (χ4n) is 1.55. The molecule has 0 aliphatic rings. The summed E-state index contributed by atoms with van der Waals surface area (Å²) >= 11 is 1.51. The summed E-state index contributed by atoms with van der Waals surface area (Å²) in [5.74, 6) is -0.712. The van der Waals surface area contributed by atoms with Crippen LogP contribution in [0.4, 0.5) is 0 Å². The smallest absolute Gasteiger partial charge is 0.310 e. The lowest BCUT2D eigenvalue weighted by Gasteiger charge is -2.25. The van der Waals surface area contributed by atoms with Gasteiger partial charge in [0.1, 0.15) is 0 Å². The molecule has 1 heterocycles. The topological polar surface area (TPSA) is 50.2 Å². The molecule has 3 nitrogen and oxygen atoms in total. The number of rotatable bonds is 5. The van der Waals surface area contributed by atoms with Crippen LogP contribution in [0, 0.1) is 5.41 Å². The van der Waals surface area contributed by atoms with Crippen molar-refractivity contribution in [3.05, 3.63) is 16.6 Å². The molecule has 1 aromatic rings. The normalized spacial score (nSPS) is 11.6. The second-order valence-electron chi connectivity index (χ2n) is 3.45. The van der Waals surface area contributed by atoms with Crippen molar-refractivity contribution < 1.29 is 9.90 Å². The summed E-state index contributed by atoms with van der Waals surface area (Å²) < 4.78 is 0. The molecule has 14 heavy (non-hydrogen) atoms. The van der Waals surface area contributed by atoms with E-state index >= 15 is 0 Å². The van der Waals surface area contributed by atoms with Crippen LogP contribution in [0.5, 0.6) is 0 Å². The fourth-order valence-corrected chi connectivity index (χ4v) is 2.11. The summed E-state index contributed by atoms with van der Waals surface area (Å²) in [7, 11) is 0. The number of carbonyl (C=O) groups is 1. The van der Waals surface area contributed by atoms with Gasteiger partial charge in [0.15, 0.2) is 0 Å². The molecule has 0 spiro atoms. The molecule has 78 valence electrons. The Bertz CT molecular complexity index is 291. The number of hydrogen-bond donors (Lipinski definition) is 1. The number of carboxylic acids is 1. The summed E-state index contributed by atoms with van der Waals surface area (Å²) in [6, 6.07) is 0. The first-order chi connectivity index (χ1) is 6.64. The van der Waals surface area contributed by atoms with Gasteiger partial charge in [-0.05, 0) is 12.8 Å². The third kappa shape index (κ3) is 2.12. The average Bonchev–Trinajstić information content (AvgIpc) is 2.66. The van der Waals surface area contributed by atoms with Crippen LogP contribution in [-0.2, 0) is 11.2 Å². The van der Waals surface area contributed by atoms with E-state index in [2.05, 4.69) is 4.98 Å². The molecule has 0 bridgehead atoms. The van der Waals surface area contributed by atoms with E-state index in [9.17, 15) is 9.90 Å². The van der Waals surface area contributed by atoms with Crippen LogP contribution >= 0.6 is 11.3 Å². The van der Waals surface area contributed by atoms with Gasteiger partial charge in [-0.3, -0.25) is 4.79 Å². The molecule has 0 atom stereocenters. The number of nitrogens with zero attached hydrogens (tertiary/aromatic N) is 1. The fraction of sp³-hybridized carbons (Fsp3) is 0.600. The first-order valence-corrected chi connectivity index (χ1v) is 5.69. The number of thiazole rings is 1. The first kappa shape index (κ1) is 11.2. The van der Waals surface area contributed by atoms with Crippen molar-refractivity contribution in [3.63, 3.8) is 0 Å². The summed E-state index contributed by atoms with van der Waals surface area (Å²) in [6.07, 6.45) is 1.84. The van der Waals surface area contributed by atoms with Crippen molar-refractivity contribution in [1.82, 2.24) is 4.98 Å². The highest BCUT2D eigenvalue weighted by Crippen LogP contribution is 2.31. The number of hydrogen-bond acceptors (Lipinski definition) is 3. The lowest BCUT2D eigenvalue weighted by molar-refractivity contribution is -0.149. The standard InChI is InChI=1S/C10H15NO2S/c1-3-10(4-2,9(12)13)5-8-6-14-7-11-8/h6-7H,3-5H2,1-2H3,(H,12,13). The van der Waals surface area contributed by atoms with Gasteiger partial charge in [0.25, 0.3) is 0 Å². The van der Waals surface area contributed by atoms with Gasteiger partial charge >= 0.3 is 5.97 Å². The lowest BCUT2D eigenvalue weighted by Crippen LogP contribution is -2.32. The third-order valence-corrected chi connectivity index (χ3v) is 3.45. The molecular weight excluding hydrogens is 198 g/mol. The van der Waals surface area contributed by atoms with Gasteiger partial charge in [-0.25, -0.2) is 4.98 Å². The summed E-state index contributed by atoms with van der Waals surface area (Å²) in [4.78, 5) is 15.3. The van der Waals surface area contributed by atoms with Gasteiger partial charge in [-0.1, -0.05) is 13.8 Å². The molecule has 1 N–H and O–H groups in total. The van der Waals surface area contributed by atoms with E-state index in [1.165, 1.54) is 11.3 Å². The van der Waals surface area contributed by atoms with E-state index in [1.54, 1.807) is 5.51 Å². The third-order valence-electron chi connectivity index (χ3n) is 2.81. The van der Waals surface area contributed by atoms with Crippen LogP contribution in [0.2, 0.25) is 0 Å². The average molecular weight is 213 g/mol. The van der Waals surface area contributed by atoms with Crippen LogP contribution in [0.15, 0.2) is 10.9 Å². The van der Waals surface area contributed by atoms with Crippen molar-refractivity contribution >= 4 is 17.3 Å². The maximum atomic E-state index is 11.2. The summed E-state index contributed by atoms with van der Waals surface area (Å²) in [5.41, 5.74) is 2.00. The van der Waals surface area contributed by atoms with Gasteiger partial charge in [0.2, 0.25) is 0 Å². The number of aliphatic carboxylic acids is 1. The predicted molar refractivity (Wildman–Crippen MR) is 56.5 cm³/mol. The Labute approximate surface area is 87.8 Å². The summed E-state index contributed by atoms with van der Waals surface area (Å²) in [6.45, 7) is 3.84. The molecule has 0 amide bonds. The van der Waals surface area contributed by atoms with Crippen molar-refractivity contribution in [1.29, 1.82) is 0 Å². The zero-order valence-corrected chi connectivity index (χ0v) is 9.30. The molecule has 4 heteroatoms. The Morgan fingerprint density at radius 3 is 2.57 bits per heavy atom. The molecule has 0 aliphatic heterocycles. The zero-order valence-electron chi connectivity index (χ0n) is 8.49. The highest BCUT2D eigenvalue weighted by Gasteiger charge is 2.35. The highest BCUT2D eigenvalue weighted by atomic mass is 32.1. The maximum Gasteiger partial charge on any atom is 0.310 e. The SMILES string of the molecule is CCC(CC)(Cc1cscn1)C(=O)O. The van der Waals surface area contributed by atoms with E-state index in [4.69, 9.17) is 0 Å². The summed E-state index contributed by atoms with van der Waals surface area (Å²) in [5, 5.41) is 11.1. The van der Waals surface area contributed by atoms with Gasteiger partial charge in [0, 0.05) is 11.8 Å². The van der Waals surface area contributed by atoms with Crippen LogP contribution in [0.1, 0.15) is 32.4 Å². The molecule has 0 fully saturated rings. The zero-order chi connectivity index (χ0) is 10.6. The van der Waals surface area contributed by atoms with Crippen molar-refractivity contribution in [3.8, 4) is 0 Å². The first-order valence-electron chi connectivity index (χ1n) is 4.75. The minimum Gasteiger partial charge on any atom is -0.481 e.